The van der Waals surface area contributed by atoms with Gasteiger partial charge in [0.1, 0.15) is 0 Å². The number of carboxylic acids is 1. The molecule has 4 heteroatoms. The summed E-state index contributed by atoms with van der Waals surface area (Å²) in [6.45, 7) is 2.58. The first-order valence-electron chi connectivity index (χ1n) is 6.25. The van der Waals surface area contributed by atoms with E-state index in [-0.39, 0.29) is 12.3 Å². The molecule has 0 saturated carbocycles. The Labute approximate surface area is 106 Å². The summed E-state index contributed by atoms with van der Waals surface area (Å²) < 4.78 is 0. The Kier molecular flexibility index (Phi) is 3.65. The summed E-state index contributed by atoms with van der Waals surface area (Å²) in [5, 5.41) is 8.61. The van der Waals surface area contributed by atoms with E-state index in [9.17, 15) is 9.59 Å². The number of benzene rings is 1. The third-order valence-corrected chi connectivity index (χ3v) is 3.26. The van der Waals surface area contributed by atoms with Crippen LogP contribution in [0.15, 0.2) is 18.2 Å². The zero-order valence-corrected chi connectivity index (χ0v) is 10.5. The average molecular weight is 247 g/mol. The standard InChI is InChI=1S/C14H17NO3/c1-2-10-5-6-12-11(8-10)9-13(16)15(12)7-3-4-14(17)18/h5-6,8H,2-4,7,9H2,1H3,(H,17,18). The number of hydrogen-bond acceptors (Lipinski definition) is 2. The Bertz CT molecular complexity index is 482. The van der Waals surface area contributed by atoms with Gasteiger partial charge < -0.3 is 10.0 Å². The Hall–Kier alpha value is -1.84. The van der Waals surface area contributed by atoms with E-state index in [1.54, 1.807) is 4.90 Å². The van der Waals surface area contributed by atoms with Gasteiger partial charge in [-0.1, -0.05) is 19.1 Å². The highest BCUT2D eigenvalue weighted by molar-refractivity contribution is 6.01. The number of aliphatic carboxylic acids is 1. The van der Waals surface area contributed by atoms with Crippen molar-refractivity contribution in [3.05, 3.63) is 29.3 Å². The largest absolute Gasteiger partial charge is 0.481 e. The van der Waals surface area contributed by atoms with Crippen LogP contribution in [0.3, 0.4) is 0 Å². The molecule has 1 aliphatic rings. The van der Waals surface area contributed by atoms with E-state index in [1.807, 2.05) is 12.1 Å². The first-order chi connectivity index (χ1) is 8.61. The number of carbonyl (C=O) groups excluding carboxylic acids is 1. The van der Waals surface area contributed by atoms with Crippen LogP contribution in [-0.4, -0.2) is 23.5 Å². The second-order valence-electron chi connectivity index (χ2n) is 4.54. The Balaban J connectivity index is 2.10. The number of anilines is 1. The first-order valence-corrected chi connectivity index (χ1v) is 6.25. The zero-order valence-electron chi connectivity index (χ0n) is 10.5. The molecule has 96 valence electrons. The van der Waals surface area contributed by atoms with E-state index in [0.29, 0.717) is 19.4 Å². The zero-order chi connectivity index (χ0) is 13.1. The predicted molar refractivity (Wildman–Crippen MR) is 68.7 cm³/mol. The van der Waals surface area contributed by atoms with Gasteiger partial charge in [0, 0.05) is 18.7 Å². The summed E-state index contributed by atoms with van der Waals surface area (Å²) in [4.78, 5) is 24.1. The molecule has 1 N–H and O–H groups in total. The molecule has 0 fully saturated rings. The normalized spacial score (nSPS) is 13.8. The molecular formula is C14H17NO3. The van der Waals surface area contributed by atoms with Crippen molar-refractivity contribution in [2.45, 2.75) is 32.6 Å². The van der Waals surface area contributed by atoms with Crippen LogP contribution < -0.4 is 4.90 Å². The number of amides is 1. The monoisotopic (exact) mass is 247 g/mol. The highest BCUT2D eigenvalue weighted by Crippen LogP contribution is 2.30. The molecule has 0 aromatic heterocycles. The van der Waals surface area contributed by atoms with Crippen LogP contribution >= 0.6 is 0 Å². The molecule has 0 aliphatic carbocycles. The van der Waals surface area contributed by atoms with Crippen molar-refractivity contribution in [3.8, 4) is 0 Å². The van der Waals surface area contributed by atoms with Crippen molar-refractivity contribution in [2.24, 2.45) is 0 Å². The molecule has 0 bridgehead atoms. The van der Waals surface area contributed by atoms with Crippen molar-refractivity contribution >= 4 is 17.6 Å². The molecule has 0 unspecified atom stereocenters. The number of carbonyl (C=O) groups is 2. The van der Waals surface area contributed by atoms with Gasteiger partial charge in [-0.25, -0.2) is 0 Å². The second kappa shape index (κ2) is 5.21. The van der Waals surface area contributed by atoms with E-state index < -0.39 is 5.97 Å². The van der Waals surface area contributed by atoms with E-state index in [4.69, 9.17) is 5.11 Å². The van der Waals surface area contributed by atoms with Gasteiger partial charge in [-0.05, 0) is 30.0 Å². The molecule has 0 atom stereocenters. The number of nitrogens with zero attached hydrogens (tertiary/aromatic N) is 1. The quantitative estimate of drug-likeness (QED) is 0.865. The van der Waals surface area contributed by atoms with Crippen molar-refractivity contribution < 1.29 is 14.7 Å². The van der Waals surface area contributed by atoms with Gasteiger partial charge in [-0.3, -0.25) is 9.59 Å². The topological polar surface area (TPSA) is 57.6 Å². The summed E-state index contributed by atoms with van der Waals surface area (Å²) in [5.41, 5.74) is 3.24. The van der Waals surface area contributed by atoms with E-state index in [2.05, 4.69) is 13.0 Å². The summed E-state index contributed by atoms with van der Waals surface area (Å²) >= 11 is 0. The molecule has 0 spiro atoms. The van der Waals surface area contributed by atoms with E-state index >= 15 is 0 Å². The molecule has 4 nitrogen and oxygen atoms in total. The van der Waals surface area contributed by atoms with Crippen molar-refractivity contribution in [1.82, 2.24) is 0 Å². The molecular weight excluding hydrogens is 230 g/mol. The minimum atomic E-state index is -0.816. The van der Waals surface area contributed by atoms with Crippen LogP contribution in [0.4, 0.5) is 5.69 Å². The highest BCUT2D eigenvalue weighted by atomic mass is 16.4. The molecule has 1 amide bonds. The second-order valence-corrected chi connectivity index (χ2v) is 4.54. The highest BCUT2D eigenvalue weighted by Gasteiger charge is 2.26. The lowest BCUT2D eigenvalue weighted by Crippen LogP contribution is -2.28. The predicted octanol–water partition coefficient (Wildman–Crippen LogP) is 2.00. The Morgan fingerprint density at radius 2 is 2.22 bits per heavy atom. The fourth-order valence-electron chi connectivity index (χ4n) is 2.29. The number of aryl methyl sites for hydroxylation is 1. The maximum atomic E-state index is 11.9. The van der Waals surface area contributed by atoms with Crippen molar-refractivity contribution in [3.63, 3.8) is 0 Å². The van der Waals surface area contributed by atoms with Crippen molar-refractivity contribution in [1.29, 1.82) is 0 Å². The van der Waals surface area contributed by atoms with Gasteiger partial charge in [0.05, 0.1) is 6.42 Å². The molecule has 1 aliphatic heterocycles. The Morgan fingerprint density at radius 3 is 2.89 bits per heavy atom. The summed E-state index contributed by atoms with van der Waals surface area (Å²) in [5.74, 6) is -0.744. The van der Waals surface area contributed by atoms with Crippen LogP contribution in [0.25, 0.3) is 0 Å². The summed E-state index contributed by atoms with van der Waals surface area (Å²) in [6.07, 6.45) is 2.00. The fraction of sp³-hybridized carbons (Fsp3) is 0.429. The van der Waals surface area contributed by atoms with Crippen LogP contribution in [0, 0.1) is 0 Å². The smallest absolute Gasteiger partial charge is 0.303 e. The summed E-state index contributed by atoms with van der Waals surface area (Å²) in [7, 11) is 0. The van der Waals surface area contributed by atoms with Crippen LogP contribution in [0.5, 0.6) is 0 Å². The molecule has 18 heavy (non-hydrogen) atoms. The lowest BCUT2D eigenvalue weighted by atomic mass is 10.1. The van der Waals surface area contributed by atoms with Gasteiger partial charge in [0.25, 0.3) is 0 Å². The van der Waals surface area contributed by atoms with Crippen LogP contribution in [0.1, 0.15) is 30.9 Å². The lowest BCUT2D eigenvalue weighted by molar-refractivity contribution is -0.137. The SMILES string of the molecule is CCc1ccc2c(c1)CC(=O)N2CCCC(=O)O. The maximum Gasteiger partial charge on any atom is 0.303 e. The Morgan fingerprint density at radius 1 is 1.44 bits per heavy atom. The number of rotatable bonds is 5. The third kappa shape index (κ3) is 2.53. The van der Waals surface area contributed by atoms with E-state index in [1.165, 1.54) is 5.56 Å². The van der Waals surface area contributed by atoms with Gasteiger partial charge >= 0.3 is 5.97 Å². The number of carboxylic acid groups (broad SMARTS) is 1. The minimum absolute atomic E-state index is 0.0728. The molecule has 0 saturated heterocycles. The maximum absolute atomic E-state index is 11.9. The molecule has 1 aromatic rings. The molecule has 2 rings (SSSR count). The first kappa shape index (κ1) is 12.6. The minimum Gasteiger partial charge on any atom is -0.481 e. The summed E-state index contributed by atoms with van der Waals surface area (Å²) in [6, 6.07) is 6.08. The molecule has 1 aromatic carbocycles. The van der Waals surface area contributed by atoms with Crippen LogP contribution in [0.2, 0.25) is 0 Å². The van der Waals surface area contributed by atoms with Gasteiger partial charge in [0.2, 0.25) is 5.91 Å². The average Bonchev–Trinajstić information content (AvgIpc) is 2.64. The fourth-order valence-corrected chi connectivity index (χ4v) is 2.29. The molecule has 0 radical (unpaired) electrons. The van der Waals surface area contributed by atoms with Crippen molar-refractivity contribution in [2.75, 3.05) is 11.4 Å². The van der Waals surface area contributed by atoms with Gasteiger partial charge in [0.15, 0.2) is 0 Å². The lowest BCUT2D eigenvalue weighted by Gasteiger charge is -2.17. The number of fused-ring (bicyclic) bond motifs is 1. The van der Waals surface area contributed by atoms with Gasteiger partial charge in [-0.15, -0.1) is 0 Å². The van der Waals surface area contributed by atoms with Gasteiger partial charge in [-0.2, -0.15) is 0 Å². The van der Waals surface area contributed by atoms with E-state index in [0.717, 1.165) is 17.7 Å². The van der Waals surface area contributed by atoms with Crippen LogP contribution in [-0.2, 0) is 22.4 Å². The third-order valence-electron chi connectivity index (χ3n) is 3.26. The molecule has 1 heterocycles. The number of hydrogen-bond donors (Lipinski definition) is 1.